The third-order valence-electron chi connectivity index (χ3n) is 4.45. The highest BCUT2D eigenvalue weighted by atomic mass is 16.5. The van der Waals surface area contributed by atoms with Crippen LogP contribution in [-0.2, 0) is 14.3 Å². The summed E-state index contributed by atoms with van der Waals surface area (Å²) < 4.78 is 11.2. The number of nitrogens with zero attached hydrogens (tertiary/aromatic N) is 1. The lowest BCUT2D eigenvalue weighted by molar-refractivity contribution is -0.145. The molecule has 0 radical (unpaired) electrons. The highest BCUT2D eigenvalue weighted by Gasteiger charge is 2.26. The Balaban J connectivity index is 2.13. The number of carbonyl (C=O) groups excluding carboxylic acids is 1. The van der Waals surface area contributed by atoms with E-state index in [2.05, 4.69) is 0 Å². The first kappa shape index (κ1) is 20.0. The number of aliphatic carboxylic acids is 1. The number of amides is 1. The van der Waals surface area contributed by atoms with Crippen molar-refractivity contribution in [3.8, 4) is 5.75 Å². The fraction of sp³-hybridized carbons (Fsp3) is 0.500. The van der Waals surface area contributed by atoms with Gasteiger partial charge in [-0.05, 0) is 38.3 Å². The first-order chi connectivity index (χ1) is 12.5. The molecule has 0 spiro atoms. The van der Waals surface area contributed by atoms with Crippen molar-refractivity contribution in [3.05, 3.63) is 35.9 Å². The molecule has 1 fully saturated rings. The van der Waals surface area contributed by atoms with Crippen molar-refractivity contribution in [2.45, 2.75) is 45.3 Å². The molecule has 1 aliphatic rings. The first-order valence-electron chi connectivity index (χ1n) is 9.05. The Labute approximate surface area is 154 Å². The van der Waals surface area contributed by atoms with Crippen LogP contribution in [0.3, 0.4) is 0 Å². The van der Waals surface area contributed by atoms with E-state index in [1.165, 1.54) is 11.0 Å². The molecule has 1 amide bonds. The van der Waals surface area contributed by atoms with Crippen molar-refractivity contribution in [2.75, 3.05) is 19.8 Å². The maximum absolute atomic E-state index is 12.6. The quantitative estimate of drug-likeness (QED) is 0.721. The lowest BCUT2D eigenvalue weighted by atomic mass is 10.1. The van der Waals surface area contributed by atoms with Gasteiger partial charge in [-0.3, -0.25) is 9.59 Å². The van der Waals surface area contributed by atoms with Crippen LogP contribution in [0.5, 0.6) is 5.75 Å². The van der Waals surface area contributed by atoms with Gasteiger partial charge in [0.15, 0.2) is 0 Å². The second-order valence-corrected chi connectivity index (χ2v) is 6.41. The van der Waals surface area contributed by atoms with Gasteiger partial charge in [-0.15, -0.1) is 0 Å². The van der Waals surface area contributed by atoms with Crippen LogP contribution in [-0.4, -0.2) is 53.8 Å². The number of carbonyl (C=O) groups is 2. The lowest BCUT2D eigenvalue weighted by Gasteiger charge is -2.32. The van der Waals surface area contributed by atoms with Gasteiger partial charge in [-0.1, -0.05) is 25.1 Å². The van der Waals surface area contributed by atoms with E-state index in [1.54, 1.807) is 6.08 Å². The smallest absolute Gasteiger partial charge is 0.323 e. The number of carboxylic acid groups (broad SMARTS) is 1. The second kappa shape index (κ2) is 9.97. The number of ether oxygens (including phenoxy) is 2. The van der Waals surface area contributed by atoms with Gasteiger partial charge >= 0.3 is 5.97 Å². The molecular formula is C20H27NO5. The zero-order valence-corrected chi connectivity index (χ0v) is 15.4. The molecule has 0 bridgehead atoms. The first-order valence-corrected chi connectivity index (χ1v) is 9.05. The Morgan fingerprint density at radius 3 is 2.69 bits per heavy atom. The second-order valence-electron chi connectivity index (χ2n) is 6.41. The van der Waals surface area contributed by atoms with Crippen LogP contribution >= 0.6 is 0 Å². The molecular weight excluding hydrogens is 334 g/mol. The number of carboxylic acids is 1. The molecule has 6 nitrogen and oxygen atoms in total. The Morgan fingerprint density at radius 2 is 2.04 bits per heavy atom. The molecule has 1 saturated heterocycles. The average molecular weight is 361 g/mol. The van der Waals surface area contributed by atoms with Crippen molar-refractivity contribution in [2.24, 2.45) is 0 Å². The normalized spacial score (nSPS) is 16.4. The number of para-hydroxylation sites is 1. The van der Waals surface area contributed by atoms with Crippen molar-refractivity contribution < 1.29 is 24.2 Å². The number of hydrogen-bond acceptors (Lipinski definition) is 4. The third-order valence-corrected chi connectivity index (χ3v) is 4.45. The minimum absolute atomic E-state index is 0.0750. The van der Waals surface area contributed by atoms with Crippen molar-refractivity contribution >= 4 is 18.0 Å². The van der Waals surface area contributed by atoms with Gasteiger partial charge in [0.05, 0.1) is 6.10 Å². The fourth-order valence-corrected chi connectivity index (χ4v) is 2.81. The van der Waals surface area contributed by atoms with E-state index < -0.39 is 5.97 Å². The Hall–Kier alpha value is -2.34. The van der Waals surface area contributed by atoms with Gasteiger partial charge in [0.2, 0.25) is 5.91 Å². The van der Waals surface area contributed by atoms with Crippen LogP contribution in [0.1, 0.15) is 38.7 Å². The molecule has 1 aromatic rings. The summed E-state index contributed by atoms with van der Waals surface area (Å²) >= 11 is 0. The highest BCUT2D eigenvalue weighted by molar-refractivity contribution is 5.94. The minimum Gasteiger partial charge on any atom is -0.490 e. The highest BCUT2D eigenvalue weighted by Crippen LogP contribution is 2.22. The van der Waals surface area contributed by atoms with E-state index in [9.17, 15) is 9.59 Å². The SMILES string of the molecule is CCC(C)Oc1ccccc1/C=C/C(=O)N(CC(=O)O)C1CCOCC1. The summed E-state index contributed by atoms with van der Waals surface area (Å²) in [6.07, 6.45) is 5.38. The van der Waals surface area contributed by atoms with Gasteiger partial charge in [-0.25, -0.2) is 0 Å². The molecule has 6 heteroatoms. The summed E-state index contributed by atoms with van der Waals surface area (Å²) in [7, 11) is 0. The molecule has 1 unspecified atom stereocenters. The van der Waals surface area contributed by atoms with Gasteiger partial charge < -0.3 is 19.5 Å². The maximum atomic E-state index is 12.6. The van der Waals surface area contributed by atoms with Gasteiger partial charge in [0.1, 0.15) is 12.3 Å². The Morgan fingerprint density at radius 1 is 1.35 bits per heavy atom. The standard InChI is InChI=1S/C20H27NO5/c1-3-15(2)26-18-7-5-4-6-16(18)8-9-19(22)21(14-20(23)24)17-10-12-25-13-11-17/h4-9,15,17H,3,10-14H2,1-2H3,(H,23,24)/b9-8+. The number of hydrogen-bond donors (Lipinski definition) is 1. The van der Waals surface area contributed by atoms with Gasteiger partial charge in [0.25, 0.3) is 0 Å². The molecule has 1 atom stereocenters. The lowest BCUT2D eigenvalue weighted by Crippen LogP contribution is -2.45. The van der Waals surface area contributed by atoms with Crippen molar-refractivity contribution in [3.63, 3.8) is 0 Å². The van der Waals surface area contributed by atoms with Crippen LogP contribution in [0.15, 0.2) is 30.3 Å². The zero-order valence-electron chi connectivity index (χ0n) is 15.4. The molecule has 0 saturated carbocycles. The predicted octanol–water partition coefficient (Wildman–Crippen LogP) is 2.97. The molecule has 1 N–H and O–H groups in total. The summed E-state index contributed by atoms with van der Waals surface area (Å²) in [6, 6.07) is 7.39. The Bertz CT molecular complexity index is 637. The predicted molar refractivity (Wildman–Crippen MR) is 99.0 cm³/mol. The molecule has 2 rings (SSSR count). The summed E-state index contributed by atoms with van der Waals surface area (Å²) in [5.41, 5.74) is 0.795. The summed E-state index contributed by atoms with van der Waals surface area (Å²) in [6.45, 7) is 4.82. The molecule has 1 aromatic carbocycles. The van der Waals surface area contributed by atoms with E-state index >= 15 is 0 Å². The number of benzene rings is 1. The molecule has 0 aromatic heterocycles. The summed E-state index contributed by atoms with van der Waals surface area (Å²) in [5.74, 6) is -0.613. The third kappa shape index (κ3) is 5.88. The van der Waals surface area contributed by atoms with Crippen molar-refractivity contribution in [1.29, 1.82) is 0 Å². The zero-order chi connectivity index (χ0) is 18.9. The van der Waals surface area contributed by atoms with E-state index in [1.807, 2.05) is 38.1 Å². The van der Waals surface area contributed by atoms with E-state index in [4.69, 9.17) is 14.6 Å². The van der Waals surface area contributed by atoms with Crippen molar-refractivity contribution in [1.82, 2.24) is 4.90 Å². The van der Waals surface area contributed by atoms with E-state index in [0.717, 1.165) is 12.0 Å². The van der Waals surface area contributed by atoms with E-state index in [-0.39, 0.29) is 24.6 Å². The molecule has 1 aliphatic heterocycles. The Kier molecular flexibility index (Phi) is 7.66. The topological polar surface area (TPSA) is 76.1 Å². The van der Waals surface area contributed by atoms with Crippen LogP contribution in [0.4, 0.5) is 0 Å². The van der Waals surface area contributed by atoms with Crippen LogP contribution in [0.2, 0.25) is 0 Å². The minimum atomic E-state index is -1.02. The van der Waals surface area contributed by atoms with Gasteiger partial charge in [0, 0.05) is 30.9 Å². The maximum Gasteiger partial charge on any atom is 0.323 e. The molecule has 26 heavy (non-hydrogen) atoms. The molecule has 142 valence electrons. The monoisotopic (exact) mass is 361 g/mol. The number of rotatable bonds is 8. The molecule has 0 aliphatic carbocycles. The van der Waals surface area contributed by atoms with Crippen LogP contribution in [0, 0.1) is 0 Å². The molecule has 1 heterocycles. The largest absolute Gasteiger partial charge is 0.490 e. The van der Waals surface area contributed by atoms with Crippen LogP contribution in [0.25, 0.3) is 6.08 Å². The van der Waals surface area contributed by atoms with Crippen LogP contribution < -0.4 is 4.74 Å². The fourth-order valence-electron chi connectivity index (χ4n) is 2.81. The van der Waals surface area contributed by atoms with E-state index in [0.29, 0.717) is 31.8 Å². The van der Waals surface area contributed by atoms with Gasteiger partial charge in [-0.2, -0.15) is 0 Å². The summed E-state index contributed by atoms with van der Waals surface area (Å²) in [4.78, 5) is 25.2. The summed E-state index contributed by atoms with van der Waals surface area (Å²) in [5, 5.41) is 9.15. The average Bonchev–Trinajstić information content (AvgIpc) is 2.65.